The lowest BCUT2D eigenvalue weighted by atomic mass is 10.2. The van der Waals surface area contributed by atoms with Crippen molar-refractivity contribution in [1.29, 1.82) is 0 Å². The van der Waals surface area contributed by atoms with Gasteiger partial charge < -0.3 is 10.6 Å². The number of nitrogens with one attached hydrogen (secondary N) is 4. The molecule has 0 fully saturated rings. The molecule has 1 aromatic heterocycles. The highest BCUT2D eigenvalue weighted by atomic mass is 32.2. The van der Waals surface area contributed by atoms with Crippen molar-refractivity contribution < 1.29 is 8.42 Å². The van der Waals surface area contributed by atoms with Gasteiger partial charge in [-0.15, -0.1) is 0 Å². The molecule has 0 bridgehead atoms. The number of nitrogens with zero attached hydrogens (tertiary/aromatic N) is 2. The first kappa shape index (κ1) is 24.0. The number of aromatic nitrogens is 2. The van der Waals surface area contributed by atoms with Gasteiger partial charge >= 0.3 is 0 Å². The number of nitrogens with two attached hydrogens (primary N) is 1. The molecule has 3 aromatic rings. The van der Waals surface area contributed by atoms with Crippen molar-refractivity contribution in [3.8, 4) is 0 Å². The summed E-state index contributed by atoms with van der Waals surface area (Å²) in [7, 11) is -3.82. The zero-order valence-corrected chi connectivity index (χ0v) is 19.8. The first-order valence-electron chi connectivity index (χ1n) is 9.98. The molecule has 32 heavy (non-hydrogen) atoms. The number of aryl methyl sites for hydroxylation is 2. The molecular formula is C21H27N7O2S2. The van der Waals surface area contributed by atoms with E-state index >= 15 is 0 Å². The van der Waals surface area contributed by atoms with E-state index in [0.29, 0.717) is 29.6 Å². The average molecular weight is 474 g/mol. The zero-order valence-electron chi connectivity index (χ0n) is 18.1. The lowest BCUT2D eigenvalue weighted by Gasteiger charge is -2.13. The Morgan fingerprint density at radius 3 is 2.53 bits per heavy atom. The molecule has 3 rings (SSSR count). The molecule has 0 amide bonds. The molecule has 0 saturated carbocycles. The second kappa shape index (κ2) is 10.7. The molecule has 170 valence electrons. The maximum absolute atomic E-state index is 11.8. The molecule has 6 N–H and O–H groups in total. The van der Waals surface area contributed by atoms with Crippen LogP contribution < -0.4 is 25.2 Å². The minimum Gasteiger partial charge on any atom is -0.340 e. The van der Waals surface area contributed by atoms with Crippen LogP contribution in [0.4, 0.5) is 23.1 Å². The van der Waals surface area contributed by atoms with Crippen LogP contribution in [0, 0.1) is 13.8 Å². The van der Waals surface area contributed by atoms with Crippen LogP contribution in [0.2, 0.25) is 0 Å². The van der Waals surface area contributed by atoms with Gasteiger partial charge in [-0.3, -0.25) is 4.72 Å². The van der Waals surface area contributed by atoms with Gasteiger partial charge in [0.15, 0.2) is 0 Å². The monoisotopic (exact) mass is 473 g/mol. The summed E-state index contributed by atoms with van der Waals surface area (Å²) in [5, 5.41) is 11.7. The first-order chi connectivity index (χ1) is 15.3. The van der Waals surface area contributed by atoms with E-state index in [1.807, 2.05) is 38.1 Å². The normalized spacial score (nSPS) is 11.4. The number of hydrogen-bond donors (Lipinski definition) is 5. The van der Waals surface area contributed by atoms with E-state index in [2.05, 4.69) is 30.0 Å². The molecule has 11 heteroatoms. The average Bonchev–Trinajstić information content (AvgIpc) is 2.74. The summed E-state index contributed by atoms with van der Waals surface area (Å²) in [6, 6.07) is 13.0. The predicted octanol–water partition coefficient (Wildman–Crippen LogP) is 3.49. The standard InChI is InChI=1S/C21H27N7O2S2/c1-4-24-31-25-13-16-6-5-7-17(10-16)26-20-15(3)12-23-21(28-20)27-18-9-8-14(2)19(11-18)32(22,29)30/h5-12,24-25H,4,13H2,1-3H3,(H2,22,29,30)(H2,23,26,27,28). The third-order valence-corrected chi connectivity index (χ3v) is 6.25. The van der Waals surface area contributed by atoms with E-state index in [9.17, 15) is 8.42 Å². The number of primary sulfonamides is 1. The fraction of sp³-hybridized carbons (Fsp3) is 0.238. The number of anilines is 4. The van der Waals surface area contributed by atoms with E-state index in [0.717, 1.165) is 23.4 Å². The minimum atomic E-state index is -3.82. The number of sulfonamides is 1. The van der Waals surface area contributed by atoms with Crippen LogP contribution in [-0.4, -0.2) is 24.9 Å². The summed E-state index contributed by atoms with van der Waals surface area (Å²) >= 11 is 1.47. The molecule has 9 nitrogen and oxygen atoms in total. The first-order valence-corrected chi connectivity index (χ1v) is 12.3. The number of hydrogen-bond acceptors (Lipinski definition) is 9. The summed E-state index contributed by atoms with van der Waals surface area (Å²) in [6.45, 7) is 7.24. The van der Waals surface area contributed by atoms with Gasteiger partial charge in [-0.2, -0.15) is 4.98 Å². The Labute approximate surface area is 193 Å². The third kappa shape index (κ3) is 6.65. The lowest BCUT2D eigenvalue weighted by molar-refractivity contribution is 0.597. The Kier molecular flexibility index (Phi) is 8.04. The number of benzene rings is 2. The summed E-state index contributed by atoms with van der Waals surface area (Å²) in [5.41, 5.74) is 4.00. The third-order valence-electron chi connectivity index (χ3n) is 4.48. The fourth-order valence-electron chi connectivity index (χ4n) is 2.88. The van der Waals surface area contributed by atoms with E-state index in [-0.39, 0.29) is 4.90 Å². The fourth-order valence-corrected chi connectivity index (χ4v) is 4.17. The highest BCUT2D eigenvalue weighted by Crippen LogP contribution is 2.24. The molecule has 0 atom stereocenters. The van der Waals surface area contributed by atoms with E-state index < -0.39 is 10.0 Å². The Morgan fingerprint density at radius 1 is 1.00 bits per heavy atom. The Balaban J connectivity index is 1.76. The van der Waals surface area contributed by atoms with Gasteiger partial charge in [0.05, 0.1) is 4.90 Å². The summed E-state index contributed by atoms with van der Waals surface area (Å²) in [4.78, 5) is 8.91. The highest BCUT2D eigenvalue weighted by Gasteiger charge is 2.13. The Hall–Kier alpha value is -2.70. The largest absolute Gasteiger partial charge is 0.340 e. The quantitative estimate of drug-likeness (QED) is 0.221. The lowest BCUT2D eigenvalue weighted by Crippen LogP contribution is -2.14. The van der Waals surface area contributed by atoms with Gasteiger partial charge in [0.2, 0.25) is 16.0 Å². The molecule has 2 aromatic carbocycles. The van der Waals surface area contributed by atoms with Crippen molar-refractivity contribution in [2.45, 2.75) is 32.2 Å². The van der Waals surface area contributed by atoms with E-state index in [1.165, 1.54) is 18.2 Å². The van der Waals surface area contributed by atoms with E-state index in [1.54, 1.807) is 25.3 Å². The predicted molar refractivity (Wildman–Crippen MR) is 130 cm³/mol. The van der Waals surface area contributed by atoms with Crippen molar-refractivity contribution in [1.82, 2.24) is 19.4 Å². The molecule has 0 spiro atoms. The van der Waals surface area contributed by atoms with Crippen LogP contribution in [0.3, 0.4) is 0 Å². The van der Waals surface area contributed by atoms with Crippen molar-refractivity contribution >= 4 is 45.3 Å². The van der Waals surface area contributed by atoms with Crippen molar-refractivity contribution in [2.24, 2.45) is 5.14 Å². The molecule has 0 saturated heterocycles. The van der Waals surface area contributed by atoms with Gasteiger partial charge in [-0.05, 0) is 49.2 Å². The second-order valence-corrected chi connectivity index (χ2v) is 9.43. The smallest absolute Gasteiger partial charge is 0.238 e. The van der Waals surface area contributed by atoms with Crippen LogP contribution >= 0.6 is 12.1 Å². The van der Waals surface area contributed by atoms with Gasteiger partial charge in [0.1, 0.15) is 5.82 Å². The molecule has 0 aliphatic carbocycles. The van der Waals surface area contributed by atoms with E-state index in [4.69, 9.17) is 5.14 Å². The Morgan fingerprint density at radius 2 is 1.78 bits per heavy atom. The van der Waals surface area contributed by atoms with Gasteiger partial charge in [-0.1, -0.05) is 25.1 Å². The summed E-state index contributed by atoms with van der Waals surface area (Å²) in [6.07, 6.45) is 1.70. The molecular weight excluding hydrogens is 446 g/mol. The summed E-state index contributed by atoms with van der Waals surface area (Å²) in [5.74, 6) is 0.982. The van der Waals surface area contributed by atoms with Crippen molar-refractivity contribution in [2.75, 3.05) is 17.2 Å². The Bertz CT molecular complexity index is 1190. The van der Waals surface area contributed by atoms with Gasteiger partial charge in [0, 0.05) is 48.4 Å². The van der Waals surface area contributed by atoms with Crippen LogP contribution in [0.15, 0.2) is 53.6 Å². The van der Waals surface area contributed by atoms with Crippen LogP contribution in [-0.2, 0) is 16.6 Å². The zero-order chi connectivity index (χ0) is 23.1. The van der Waals surface area contributed by atoms with Crippen molar-refractivity contribution in [3.05, 3.63) is 65.4 Å². The van der Waals surface area contributed by atoms with Crippen LogP contribution in [0.25, 0.3) is 0 Å². The van der Waals surface area contributed by atoms with Crippen LogP contribution in [0.1, 0.15) is 23.6 Å². The molecule has 0 unspecified atom stereocenters. The van der Waals surface area contributed by atoms with Crippen molar-refractivity contribution in [3.63, 3.8) is 0 Å². The maximum Gasteiger partial charge on any atom is 0.238 e. The maximum atomic E-state index is 11.8. The molecule has 0 radical (unpaired) electrons. The molecule has 1 heterocycles. The van der Waals surface area contributed by atoms with Gasteiger partial charge in [-0.25, -0.2) is 23.3 Å². The van der Waals surface area contributed by atoms with Gasteiger partial charge in [0.25, 0.3) is 0 Å². The van der Waals surface area contributed by atoms with Crippen LogP contribution in [0.5, 0.6) is 0 Å². The molecule has 0 aliphatic rings. The second-order valence-electron chi connectivity index (χ2n) is 7.12. The summed E-state index contributed by atoms with van der Waals surface area (Å²) < 4.78 is 30.0. The topological polar surface area (TPSA) is 134 Å². The SMILES string of the molecule is CCNSNCc1cccc(Nc2nc(Nc3ccc(C)c(S(N)(=O)=O)c3)ncc2C)c1. The minimum absolute atomic E-state index is 0.0608. The molecule has 0 aliphatic heterocycles. The highest BCUT2D eigenvalue weighted by molar-refractivity contribution is 7.95. The number of rotatable bonds is 10.